The number of rotatable bonds is 3. The molecular formula is C19H21FN8O2. The van der Waals surface area contributed by atoms with E-state index in [1.54, 1.807) is 12.4 Å². The summed E-state index contributed by atoms with van der Waals surface area (Å²) in [6.45, 7) is 5.01. The maximum Gasteiger partial charge on any atom is 0.261 e. The summed E-state index contributed by atoms with van der Waals surface area (Å²) in [7, 11) is 0. The zero-order chi connectivity index (χ0) is 20.7. The largest absolute Gasteiger partial charge is 0.381 e. The van der Waals surface area contributed by atoms with Gasteiger partial charge in [0.05, 0.1) is 49.2 Å². The number of nitrogen functional groups attached to an aromatic ring is 1. The molecule has 0 aromatic carbocycles. The molecule has 156 valence electrons. The molecule has 10 nitrogen and oxygen atoms in total. The molecule has 0 spiro atoms. The lowest BCUT2D eigenvalue weighted by Gasteiger charge is -2.44. The SMILES string of the molecule is Nc1nc2c(C(=O)Nc3cnccc3N3CCN4CCOCC4C3)cnn2cc1F. The van der Waals surface area contributed by atoms with E-state index in [-0.39, 0.29) is 17.0 Å². The van der Waals surface area contributed by atoms with Crippen LogP contribution in [0.3, 0.4) is 0 Å². The Morgan fingerprint density at radius 1 is 1.30 bits per heavy atom. The smallest absolute Gasteiger partial charge is 0.261 e. The van der Waals surface area contributed by atoms with Crippen LogP contribution in [0.2, 0.25) is 0 Å². The van der Waals surface area contributed by atoms with Gasteiger partial charge in [-0.2, -0.15) is 5.10 Å². The van der Waals surface area contributed by atoms with E-state index in [9.17, 15) is 9.18 Å². The predicted molar refractivity (Wildman–Crippen MR) is 108 cm³/mol. The predicted octanol–water partition coefficient (Wildman–Crippen LogP) is 0.619. The first-order chi connectivity index (χ1) is 14.6. The number of hydrogen-bond acceptors (Lipinski definition) is 8. The highest BCUT2D eigenvalue weighted by atomic mass is 19.1. The number of ether oxygens (including phenoxy) is 1. The lowest BCUT2D eigenvalue weighted by Crippen LogP contribution is -2.58. The first kappa shape index (κ1) is 18.7. The van der Waals surface area contributed by atoms with Gasteiger partial charge in [0, 0.05) is 32.4 Å². The highest BCUT2D eigenvalue weighted by Gasteiger charge is 2.30. The van der Waals surface area contributed by atoms with E-state index >= 15 is 0 Å². The van der Waals surface area contributed by atoms with Crippen LogP contribution >= 0.6 is 0 Å². The van der Waals surface area contributed by atoms with Gasteiger partial charge in [0.15, 0.2) is 17.3 Å². The van der Waals surface area contributed by atoms with Gasteiger partial charge in [0.25, 0.3) is 5.91 Å². The molecule has 3 N–H and O–H groups in total. The Morgan fingerprint density at radius 2 is 2.20 bits per heavy atom. The second-order valence-corrected chi connectivity index (χ2v) is 7.36. The Bertz CT molecular complexity index is 1100. The number of aromatic nitrogens is 4. The Balaban J connectivity index is 1.40. The molecule has 1 unspecified atom stereocenters. The molecule has 3 aromatic heterocycles. The van der Waals surface area contributed by atoms with Crippen molar-refractivity contribution in [3.05, 3.63) is 42.2 Å². The normalized spacial score (nSPS) is 19.6. The van der Waals surface area contributed by atoms with Gasteiger partial charge in [-0.1, -0.05) is 0 Å². The van der Waals surface area contributed by atoms with Gasteiger partial charge in [-0.05, 0) is 6.07 Å². The van der Waals surface area contributed by atoms with Crippen LogP contribution in [0.15, 0.2) is 30.9 Å². The van der Waals surface area contributed by atoms with Crippen LogP contribution in [-0.4, -0.2) is 75.8 Å². The van der Waals surface area contributed by atoms with Crippen LogP contribution in [0.4, 0.5) is 21.6 Å². The number of fused-ring (bicyclic) bond motifs is 2. The third-order valence-electron chi connectivity index (χ3n) is 5.55. The molecule has 0 radical (unpaired) electrons. The number of amides is 1. The molecule has 5 rings (SSSR count). The summed E-state index contributed by atoms with van der Waals surface area (Å²) in [4.78, 5) is 25.7. The van der Waals surface area contributed by atoms with Crippen molar-refractivity contribution in [2.75, 3.05) is 55.3 Å². The number of nitrogens with two attached hydrogens (primary N) is 1. The van der Waals surface area contributed by atoms with Gasteiger partial charge in [-0.3, -0.25) is 14.7 Å². The standard InChI is InChI=1S/C19H21FN8O2/c20-14-10-28-18(25-17(14)21)13(7-23-28)19(29)24-15-8-22-2-1-16(15)27-4-3-26-5-6-30-11-12(26)9-27/h1-2,7-8,10,12H,3-6,9,11H2,(H2,21,25)(H,24,29). The van der Waals surface area contributed by atoms with Crippen LogP contribution in [0.5, 0.6) is 0 Å². The van der Waals surface area contributed by atoms with E-state index in [0.29, 0.717) is 18.3 Å². The van der Waals surface area contributed by atoms with Crippen molar-refractivity contribution in [1.29, 1.82) is 0 Å². The maximum absolute atomic E-state index is 13.6. The molecule has 3 aromatic rings. The average molecular weight is 412 g/mol. The van der Waals surface area contributed by atoms with Gasteiger partial charge < -0.3 is 20.7 Å². The van der Waals surface area contributed by atoms with Crippen LogP contribution < -0.4 is 16.0 Å². The fraction of sp³-hybridized carbons (Fsp3) is 0.368. The number of pyridine rings is 1. The Morgan fingerprint density at radius 3 is 3.10 bits per heavy atom. The molecule has 0 saturated carbocycles. The van der Waals surface area contributed by atoms with Crippen molar-refractivity contribution >= 4 is 28.7 Å². The van der Waals surface area contributed by atoms with Crippen molar-refractivity contribution in [2.24, 2.45) is 0 Å². The summed E-state index contributed by atoms with van der Waals surface area (Å²) in [6.07, 6.45) is 5.75. The molecule has 0 bridgehead atoms. The van der Waals surface area contributed by atoms with Crippen LogP contribution in [0.1, 0.15) is 10.4 Å². The minimum absolute atomic E-state index is 0.185. The summed E-state index contributed by atoms with van der Waals surface area (Å²) in [5, 5.41) is 6.89. The number of carbonyl (C=O) groups excluding carboxylic acids is 1. The minimum Gasteiger partial charge on any atom is -0.381 e. The van der Waals surface area contributed by atoms with E-state index in [2.05, 4.69) is 30.2 Å². The van der Waals surface area contributed by atoms with Gasteiger partial charge in [0.2, 0.25) is 0 Å². The molecule has 1 atom stereocenters. The first-order valence-corrected chi connectivity index (χ1v) is 9.71. The number of halogens is 1. The summed E-state index contributed by atoms with van der Waals surface area (Å²) in [5.41, 5.74) is 7.41. The third kappa shape index (κ3) is 3.31. The number of carbonyl (C=O) groups is 1. The van der Waals surface area contributed by atoms with E-state index in [1.807, 2.05) is 6.07 Å². The number of nitrogens with one attached hydrogen (secondary N) is 1. The Kier molecular flexibility index (Phi) is 4.68. The quantitative estimate of drug-likeness (QED) is 0.644. The highest BCUT2D eigenvalue weighted by molar-refractivity contribution is 6.09. The van der Waals surface area contributed by atoms with Crippen LogP contribution in [-0.2, 0) is 4.74 Å². The lowest BCUT2D eigenvalue weighted by atomic mass is 10.1. The monoisotopic (exact) mass is 412 g/mol. The number of nitrogens with zero attached hydrogens (tertiary/aromatic N) is 6. The van der Waals surface area contributed by atoms with Crippen molar-refractivity contribution in [2.45, 2.75) is 6.04 Å². The van der Waals surface area contributed by atoms with Gasteiger partial charge in [-0.15, -0.1) is 0 Å². The molecule has 2 saturated heterocycles. The fourth-order valence-electron chi connectivity index (χ4n) is 3.98. The topological polar surface area (TPSA) is 114 Å². The summed E-state index contributed by atoms with van der Waals surface area (Å²) >= 11 is 0. The molecule has 2 aliphatic rings. The van der Waals surface area contributed by atoms with E-state index in [0.717, 1.165) is 44.7 Å². The zero-order valence-electron chi connectivity index (χ0n) is 16.2. The second-order valence-electron chi connectivity index (χ2n) is 7.36. The van der Waals surface area contributed by atoms with Gasteiger partial charge in [-0.25, -0.2) is 13.9 Å². The Hall–Kier alpha value is -3.31. The van der Waals surface area contributed by atoms with Crippen molar-refractivity contribution in [3.63, 3.8) is 0 Å². The van der Waals surface area contributed by atoms with Crippen molar-refractivity contribution < 1.29 is 13.9 Å². The van der Waals surface area contributed by atoms with Gasteiger partial charge in [0.1, 0.15) is 5.56 Å². The zero-order valence-corrected chi connectivity index (χ0v) is 16.2. The van der Waals surface area contributed by atoms with E-state index in [4.69, 9.17) is 10.5 Å². The molecule has 0 aliphatic carbocycles. The minimum atomic E-state index is -0.696. The molecule has 30 heavy (non-hydrogen) atoms. The maximum atomic E-state index is 13.6. The van der Waals surface area contributed by atoms with Crippen LogP contribution in [0.25, 0.3) is 5.65 Å². The molecule has 5 heterocycles. The average Bonchev–Trinajstić information content (AvgIpc) is 3.16. The third-order valence-corrected chi connectivity index (χ3v) is 5.55. The second kappa shape index (κ2) is 7.50. The van der Waals surface area contributed by atoms with E-state index < -0.39 is 11.7 Å². The fourth-order valence-corrected chi connectivity index (χ4v) is 3.98. The molecular weight excluding hydrogens is 391 g/mol. The molecule has 11 heteroatoms. The summed E-state index contributed by atoms with van der Waals surface area (Å²) in [5.74, 6) is -1.40. The first-order valence-electron chi connectivity index (χ1n) is 9.71. The van der Waals surface area contributed by atoms with Gasteiger partial charge >= 0.3 is 0 Å². The highest BCUT2D eigenvalue weighted by Crippen LogP contribution is 2.28. The van der Waals surface area contributed by atoms with E-state index in [1.165, 1.54) is 10.7 Å². The number of hydrogen-bond donors (Lipinski definition) is 2. The molecule has 2 aliphatic heterocycles. The molecule has 1 amide bonds. The Labute approximate surface area is 171 Å². The van der Waals surface area contributed by atoms with Crippen molar-refractivity contribution in [1.82, 2.24) is 24.5 Å². The van der Waals surface area contributed by atoms with Crippen LogP contribution in [0, 0.1) is 5.82 Å². The number of piperazine rings is 1. The summed E-state index contributed by atoms with van der Waals surface area (Å²) < 4.78 is 20.4. The lowest BCUT2D eigenvalue weighted by molar-refractivity contribution is -0.0116. The summed E-state index contributed by atoms with van der Waals surface area (Å²) in [6, 6.07) is 2.21. The molecule has 2 fully saturated rings. The number of anilines is 3. The number of morpholine rings is 1. The van der Waals surface area contributed by atoms with Crippen molar-refractivity contribution in [3.8, 4) is 0 Å².